The second kappa shape index (κ2) is 7.76. The van der Waals surface area contributed by atoms with Crippen molar-refractivity contribution in [2.45, 2.75) is 32.7 Å². The summed E-state index contributed by atoms with van der Waals surface area (Å²) in [5.41, 5.74) is 0. The molecule has 0 radical (unpaired) electrons. The Morgan fingerprint density at radius 2 is 2.21 bits per heavy atom. The standard InChI is InChI=1S/C10H21NO3/c1-4-5-9(7-14-3)11-6-8(2)10(12)13/h8-9,11H,4-7H2,1-3H3,(H,12,13). The molecule has 0 aromatic heterocycles. The maximum atomic E-state index is 10.6. The van der Waals surface area contributed by atoms with Crippen molar-refractivity contribution in [1.82, 2.24) is 5.32 Å². The molecule has 0 saturated carbocycles. The summed E-state index contributed by atoms with van der Waals surface area (Å²) >= 11 is 0. The van der Waals surface area contributed by atoms with Crippen LogP contribution in [0.4, 0.5) is 0 Å². The molecule has 14 heavy (non-hydrogen) atoms. The normalized spacial score (nSPS) is 15.1. The van der Waals surface area contributed by atoms with Crippen molar-refractivity contribution in [3.63, 3.8) is 0 Å². The molecular weight excluding hydrogens is 182 g/mol. The van der Waals surface area contributed by atoms with Gasteiger partial charge >= 0.3 is 5.97 Å². The lowest BCUT2D eigenvalue weighted by Crippen LogP contribution is -2.37. The van der Waals surface area contributed by atoms with E-state index in [1.165, 1.54) is 0 Å². The van der Waals surface area contributed by atoms with E-state index in [0.717, 1.165) is 12.8 Å². The number of carbonyl (C=O) groups is 1. The summed E-state index contributed by atoms with van der Waals surface area (Å²) < 4.78 is 5.04. The summed E-state index contributed by atoms with van der Waals surface area (Å²) in [6.45, 7) is 4.94. The van der Waals surface area contributed by atoms with Crippen LogP contribution in [0.3, 0.4) is 0 Å². The molecule has 0 spiro atoms. The van der Waals surface area contributed by atoms with Crippen LogP contribution in [0, 0.1) is 5.92 Å². The summed E-state index contributed by atoms with van der Waals surface area (Å²) in [6.07, 6.45) is 2.09. The smallest absolute Gasteiger partial charge is 0.307 e. The monoisotopic (exact) mass is 203 g/mol. The Morgan fingerprint density at radius 1 is 1.57 bits per heavy atom. The molecule has 4 nitrogen and oxygen atoms in total. The predicted molar refractivity (Wildman–Crippen MR) is 55.4 cm³/mol. The highest BCUT2D eigenvalue weighted by atomic mass is 16.5. The lowest BCUT2D eigenvalue weighted by atomic mass is 10.1. The van der Waals surface area contributed by atoms with Gasteiger partial charge in [-0.25, -0.2) is 0 Å². The number of aliphatic carboxylic acids is 1. The van der Waals surface area contributed by atoms with Gasteiger partial charge in [-0.2, -0.15) is 0 Å². The Kier molecular flexibility index (Phi) is 7.42. The number of nitrogens with one attached hydrogen (secondary N) is 1. The van der Waals surface area contributed by atoms with Crippen LogP contribution in [0.5, 0.6) is 0 Å². The zero-order chi connectivity index (χ0) is 11.0. The topological polar surface area (TPSA) is 58.6 Å². The van der Waals surface area contributed by atoms with Crippen molar-refractivity contribution in [3.8, 4) is 0 Å². The van der Waals surface area contributed by atoms with Crippen LogP contribution in [0.25, 0.3) is 0 Å². The number of ether oxygens (including phenoxy) is 1. The Bertz CT molecular complexity index is 155. The third-order valence-electron chi connectivity index (χ3n) is 2.14. The molecule has 0 aliphatic carbocycles. The minimum atomic E-state index is -0.759. The van der Waals surface area contributed by atoms with Crippen molar-refractivity contribution in [2.24, 2.45) is 5.92 Å². The fourth-order valence-electron chi connectivity index (χ4n) is 1.22. The summed E-state index contributed by atoms with van der Waals surface area (Å²) in [5, 5.41) is 11.9. The largest absolute Gasteiger partial charge is 0.481 e. The molecule has 0 aromatic carbocycles. The summed E-state index contributed by atoms with van der Waals surface area (Å²) in [7, 11) is 1.66. The second-order valence-corrected chi connectivity index (χ2v) is 3.59. The van der Waals surface area contributed by atoms with Crippen molar-refractivity contribution in [2.75, 3.05) is 20.3 Å². The quantitative estimate of drug-likeness (QED) is 0.620. The van der Waals surface area contributed by atoms with E-state index in [0.29, 0.717) is 13.2 Å². The number of carboxylic acid groups (broad SMARTS) is 1. The van der Waals surface area contributed by atoms with Gasteiger partial charge in [0, 0.05) is 19.7 Å². The second-order valence-electron chi connectivity index (χ2n) is 3.59. The third kappa shape index (κ3) is 5.94. The van der Waals surface area contributed by atoms with Gasteiger partial charge in [-0.1, -0.05) is 20.3 Å². The number of hydrogen-bond acceptors (Lipinski definition) is 3. The Labute approximate surface area is 85.6 Å². The average Bonchev–Trinajstić information content (AvgIpc) is 2.14. The zero-order valence-electron chi connectivity index (χ0n) is 9.25. The van der Waals surface area contributed by atoms with Crippen LogP contribution < -0.4 is 5.32 Å². The Morgan fingerprint density at radius 3 is 2.64 bits per heavy atom. The van der Waals surface area contributed by atoms with Gasteiger partial charge in [0.15, 0.2) is 0 Å². The minimum Gasteiger partial charge on any atom is -0.481 e. The first-order valence-electron chi connectivity index (χ1n) is 5.06. The van der Waals surface area contributed by atoms with E-state index in [2.05, 4.69) is 12.2 Å². The lowest BCUT2D eigenvalue weighted by Gasteiger charge is -2.18. The maximum Gasteiger partial charge on any atom is 0.307 e. The van der Waals surface area contributed by atoms with E-state index in [9.17, 15) is 4.79 Å². The van der Waals surface area contributed by atoms with E-state index in [4.69, 9.17) is 9.84 Å². The van der Waals surface area contributed by atoms with Crippen molar-refractivity contribution >= 4 is 5.97 Å². The van der Waals surface area contributed by atoms with E-state index in [-0.39, 0.29) is 12.0 Å². The SMILES string of the molecule is CCCC(COC)NCC(C)C(=O)O. The Hall–Kier alpha value is -0.610. The zero-order valence-corrected chi connectivity index (χ0v) is 9.25. The van der Waals surface area contributed by atoms with E-state index >= 15 is 0 Å². The lowest BCUT2D eigenvalue weighted by molar-refractivity contribution is -0.141. The molecular formula is C10H21NO3. The molecule has 0 bridgehead atoms. The first kappa shape index (κ1) is 13.4. The van der Waals surface area contributed by atoms with Crippen LogP contribution in [0.2, 0.25) is 0 Å². The average molecular weight is 203 g/mol. The first-order valence-corrected chi connectivity index (χ1v) is 5.06. The van der Waals surface area contributed by atoms with Crippen molar-refractivity contribution < 1.29 is 14.6 Å². The van der Waals surface area contributed by atoms with Gasteiger partial charge in [-0.3, -0.25) is 4.79 Å². The Balaban J connectivity index is 3.74. The molecule has 0 aliphatic rings. The molecule has 0 saturated heterocycles. The minimum absolute atomic E-state index is 0.270. The molecule has 0 aromatic rings. The van der Waals surface area contributed by atoms with Crippen LogP contribution in [0.15, 0.2) is 0 Å². The summed E-state index contributed by atoms with van der Waals surface area (Å²) in [6, 6.07) is 0.270. The third-order valence-corrected chi connectivity index (χ3v) is 2.14. The van der Waals surface area contributed by atoms with E-state index in [1.54, 1.807) is 14.0 Å². The van der Waals surface area contributed by atoms with Crippen LogP contribution in [-0.2, 0) is 9.53 Å². The van der Waals surface area contributed by atoms with Crippen LogP contribution >= 0.6 is 0 Å². The van der Waals surface area contributed by atoms with E-state index in [1.807, 2.05) is 0 Å². The summed E-state index contributed by atoms with van der Waals surface area (Å²) in [4.78, 5) is 10.6. The molecule has 0 aliphatic heterocycles. The van der Waals surface area contributed by atoms with Gasteiger partial charge in [0.05, 0.1) is 12.5 Å². The predicted octanol–water partition coefficient (Wildman–Crippen LogP) is 1.11. The van der Waals surface area contributed by atoms with Gasteiger partial charge < -0.3 is 15.2 Å². The van der Waals surface area contributed by atoms with Gasteiger partial charge in [0.25, 0.3) is 0 Å². The number of methoxy groups -OCH3 is 1. The molecule has 2 N–H and O–H groups in total. The maximum absolute atomic E-state index is 10.6. The van der Waals surface area contributed by atoms with Gasteiger partial charge in [-0.15, -0.1) is 0 Å². The molecule has 84 valence electrons. The van der Waals surface area contributed by atoms with Crippen LogP contribution in [-0.4, -0.2) is 37.4 Å². The molecule has 0 rings (SSSR count). The molecule has 4 heteroatoms. The highest BCUT2D eigenvalue weighted by molar-refractivity contribution is 5.69. The first-order chi connectivity index (χ1) is 6.61. The van der Waals surface area contributed by atoms with Gasteiger partial charge in [0.1, 0.15) is 0 Å². The van der Waals surface area contributed by atoms with Crippen molar-refractivity contribution in [1.29, 1.82) is 0 Å². The molecule has 0 amide bonds. The molecule has 0 fully saturated rings. The summed E-state index contributed by atoms with van der Waals surface area (Å²) in [5.74, 6) is -1.10. The van der Waals surface area contributed by atoms with Crippen molar-refractivity contribution in [3.05, 3.63) is 0 Å². The van der Waals surface area contributed by atoms with Crippen LogP contribution in [0.1, 0.15) is 26.7 Å². The number of hydrogen-bond donors (Lipinski definition) is 2. The van der Waals surface area contributed by atoms with E-state index < -0.39 is 5.97 Å². The highest BCUT2D eigenvalue weighted by Gasteiger charge is 2.13. The molecule has 2 unspecified atom stereocenters. The highest BCUT2D eigenvalue weighted by Crippen LogP contribution is 1.99. The molecule has 0 heterocycles. The number of rotatable bonds is 8. The number of carboxylic acids is 1. The molecule has 2 atom stereocenters. The fourth-order valence-corrected chi connectivity index (χ4v) is 1.22. The van der Waals surface area contributed by atoms with Gasteiger partial charge in [0.2, 0.25) is 0 Å². The van der Waals surface area contributed by atoms with Gasteiger partial charge in [-0.05, 0) is 6.42 Å². The fraction of sp³-hybridized carbons (Fsp3) is 0.900.